The van der Waals surface area contributed by atoms with E-state index < -0.39 is 18.1 Å². The van der Waals surface area contributed by atoms with Gasteiger partial charge in [-0.15, -0.1) is 0 Å². The summed E-state index contributed by atoms with van der Waals surface area (Å²) < 4.78 is 31.7. The van der Waals surface area contributed by atoms with Crippen molar-refractivity contribution in [2.24, 2.45) is 0 Å². The van der Waals surface area contributed by atoms with Gasteiger partial charge in [0, 0.05) is 38.3 Å². The van der Waals surface area contributed by atoms with Gasteiger partial charge < -0.3 is 25.7 Å². The lowest BCUT2D eigenvalue weighted by Crippen LogP contribution is -2.48. The molecule has 1 saturated heterocycles. The summed E-state index contributed by atoms with van der Waals surface area (Å²) in [6.07, 6.45) is -4.78. The van der Waals surface area contributed by atoms with E-state index in [2.05, 4.69) is 20.4 Å². The molecule has 1 aliphatic rings. The fourth-order valence-corrected chi connectivity index (χ4v) is 3.47. The molecule has 10 nitrogen and oxygen atoms in total. The van der Waals surface area contributed by atoms with Crippen molar-refractivity contribution < 1.29 is 42.6 Å². The van der Waals surface area contributed by atoms with Gasteiger partial charge in [0.15, 0.2) is 0 Å². The van der Waals surface area contributed by atoms with Crippen LogP contribution in [0.15, 0.2) is 42.5 Å². The van der Waals surface area contributed by atoms with E-state index >= 15 is 0 Å². The van der Waals surface area contributed by atoms with Crippen LogP contribution in [0.3, 0.4) is 0 Å². The molecular weight excluding hydrogens is 509 g/mol. The molecule has 2 aromatic carbocycles. The molecule has 13 heteroatoms. The van der Waals surface area contributed by atoms with Crippen LogP contribution < -0.4 is 15.5 Å². The van der Waals surface area contributed by atoms with Crippen LogP contribution in [-0.4, -0.2) is 77.8 Å². The van der Waals surface area contributed by atoms with Crippen LogP contribution in [0, 0.1) is 6.92 Å². The highest BCUT2D eigenvalue weighted by molar-refractivity contribution is 5.97. The van der Waals surface area contributed by atoms with Crippen LogP contribution in [0.1, 0.15) is 29.3 Å². The van der Waals surface area contributed by atoms with E-state index in [9.17, 15) is 32.7 Å². The summed E-state index contributed by atoms with van der Waals surface area (Å²) in [5.74, 6) is -4.02. The minimum atomic E-state index is -5.08. The molecule has 38 heavy (non-hydrogen) atoms. The topological polar surface area (TPSA) is 139 Å². The Balaban J connectivity index is 0.000000638. The molecule has 1 heterocycles. The molecule has 206 valence electrons. The van der Waals surface area contributed by atoms with E-state index in [1.807, 2.05) is 31.2 Å². The summed E-state index contributed by atoms with van der Waals surface area (Å²) in [6.45, 7) is 6.75. The molecular formula is C25H29F3N4O6. The second kappa shape index (κ2) is 13.4. The maximum Gasteiger partial charge on any atom is 0.490 e. The fraction of sp³-hybridized carbons (Fsp3) is 0.360. The largest absolute Gasteiger partial charge is 0.490 e. The summed E-state index contributed by atoms with van der Waals surface area (Å²) in [4.78, 5) is 48.7. The molecule has 2 aromatic rings. The second-order valence-corrected chi connectivity index (χ2v) is 8.42. The maximum atomic E-state index is 12.4. The van der Waals surface area contributed by atoms with Gasteiger partial charge in [0.05, 0.1) is 23.5 Å². The molecule has 2 amide bonds. The van der Waals surface area contributed by atoms with Crippen LogP contribution in [-0.2, 0) is 14.4 Å². The molecule has 1 aliphatic heterocycles. The van der Waals surface area contributed by atoms with Gasteiger partial charge in [-0.3, -0.25) is 14.5 Å². The van der Waals surface area contributed by atoms with Crippen molar-refractivity contribution in [1.29, 1.82) is 0 Å². The fourth-order valence-electron chi connectivity index (χ4n) is 3.47. The van der Waals surface area contributed by atoms with Crippen molar-refractivity contribution >= 4 is 40.8 Å². The molecule has 0 radical (unpaired) electrons. The Morgan fingerprint density at radius 1 is 0.895 bits per heavy atom. The number of carbonyl (C=O) groups excluding carboxylic acids is 2. The number of nitrogens with one attached hydrogen (secondary N) is 2. The van der Waals surface area contributed by atoms with Crippen molar-refractivity contribution in [2.45, 2.75) is 26.4 Å². The predicted molar refractivity (Wildman–Crippen MR) is 134 cm³/mol. The Morgan fingerprint density at radius 2 is 1.47 bits per heavy atom. The molecule has 0 spiro atoms. The van der Waals surface area contributed by atoms with Crippen molar-refractivity contribution in [2.75, 3.05) is 48.3 Å². The lowest BCUT2D eigenvalue weighted by molar-refractivity contribution is -0.192. The van der Waals surface area contributed by atoms with Crippen LogP contribution in [0.25, 0.3) is 0 Å². The molecule has 4 N–H and O–H groups in total. The minimum Gasteiger partial charge on any atom is -0.478 e. The van der Waals surface area contributed by atoms with Crippen LogP contribution in [0.5, 0.6) is 0 Å². The number of anilines is 3. The highest BCUT2D eigenvalue weighted by Crippen LogP contribution is 2.28. The molecule has 0 aromatic heterocycles. The number of benzene rings is 2. The van der Waals surface area contributed by atoms with Gasteiger partial charge >= 0.3 is 18.1 Å². The minimum absolute atomic E-state index is 0.0565. The van der Waals surface area contributed by atoms with Gasteiger partial charge in [-0.2, -0.15) is 13.2 Å². The first-order valence-electron chi connectivity index (χ1n) is 11.6. The zero-order valence-electron chi connectivity index (χ0n) is 20.8. The monoisotopic (exact) mass is 538 g/mol. The second-order valence-electron chi connectivity index (χ2n) is 8.42. The van der Waals surface area contributed by atoms with Crippen LogP contribution in [0.4, 0.5) is 30.2 Å². The zero-order chi connectivity index (χ0) is 28.5. The predicted octanol–water partition coefficient (Wildman–Crippen LogP) is 3.44. The normalized spacial score (nSPS) is 13.7. The Labute approximate surface area is 217 Å². The Morgan fingerprint density at radius 3 is 1.97 bits per heavy atom. The van der Waals surface area contributed by atoms with Crippen molar-refractivity contribution in [3.8, 4) is 0 Å². The van der Waals surface area contributed by atoms with Crippen LogP contribution >= 0.6 is 0 Å². The molecule has 0 bridgehead atoms. The maximum absolute atomic E-state index is 12.4. The summed E-state index contributed by atoms with van der Waals surface area (Å²) in [5.41, 5.74) is 3.33. The first-order valence-corrected chi connectivity index (χ1v) is 11.6. The van der Waals surface area contributed by atoms with Gasteiger partial charge in [0.2, 0.25) is 11.8 Å². The van der Waals surface area contributed by atoms with Gasteiger partial charge in [-0.1, -0.05) is 24.6 Å². The SMILES string of the molecule is CCC(=O)Nc1cc(C(=O)O)ccc1N1CCN(CC(=O)Nc2ccc(C)cc2)CC1.O=C(O)C(F)(F)F. The number of hydrogen-bond donors (Lipinski definition) is 4. The summed E-state index contributed by atoms with van der Waals surface area (Å²) in [6, 6.07) is 12.5. The first-order chi connectivity index (χ1) is 17.8. The summed E-state index contributed by atoms with van der Waals surface area (Å²) in [5, 5.41) is 22.1. The number of hydrogen-bond acceptors (Lipinski definition) is 6. The number of aryl methyl sites for hydroxylation is 1. The van der Waals surface area contributed by atoms with E-state index in [1.54, 1.807) is 19.1 Å². The molecule has 3 rings (SSSR count). The quantitative estimate of drug-likeness (QED) is 0.421. The summed E-state index contributed by atoms with van der Waals surface area (Å²) >= 11 is 0. The third-order valence-corrected chi connectivity index (χ3v) is 5.50. The van der Waals surface area contributed by atoms with Gasteiger partial charge in [0.25, 0.3) is 0 Å². The smallest absolute Gasteiger partial charge is 0.478 e. The third kappa shape index (κ3) is 9.39. The highest BCUT2D eigenvalue weighted by atomic mass is 19.4. The standard InChI is InChI=1S/C23H28N4O4.C2HF3O2/c1-3-21(28)25-19-14-17(23(30)31)6-9-20(19)27-12-10-26(11-13-27)15-22(29)24-18-7-4-16(2)5-8-18;3-2(4,5)1(6)7/h4-9,14H,3,10-13,15H2,1-2H3,(H,24,29)(H,25,28)(H,30,31);(H,6,7). The lowest BCUT2D eigenvalue weighted by atomic mass is 10.1. The first kappa shape index (κ1) is 30.1. The number of carbonyl (C=O) groups is 4. The van der Waals surface area contributed by atoms with Crippen molar-refractivity contribution in [3.05, 3.63) is 53.6 Å². The number of nitrogens with zero attached hydrogens (tertiary/aromatic N) is 2. The van der Waals surface area contributed by atoms with Crippen LogP contribution in [0.2, 0.25) is 0 Å². The average Bonchev–Trinajstić information content (AvgIpc) is 2.85. The molecule has 0 saturated carbocycles. The Kier molecular flexibility index (Phi) is 10.6. The molecule has 0 aliphatic carbocycles. The Bertz CT molecular complexity index is 1150. The molecule has 0 unspecified atom stereocenters. The van der Waals surface area contributed by atoms with E-state index in [1.165, 1.54) is 6.07 Å². The van der Waals surface area contributed by atoms with Gasteiger partial charge in [-0.25, -0.2) is 9.59 Å². The third-order valence-electron chi connectivity index (χ3n) is 5.50. The highest BCUT2D eigenvalue weighted by Gasteiger charge is 2.38. The van der Waals surface area contributed by atoms with Crippen molar-refractivity contribution in [1.82, 2.24) is 4.90 Å². The average molecular weight is 539 g/mol. The van der Waals surface area contributed by atoms with E-state index in [-0.39, 0.29) is 17.4 Å². The number of halogens is 3. The van der Waals surface area contributed by atoms with E-state index in [4.69, 9.17) is 9.90 Å². The number of aromatic carboxylic acids is 1. The number of carboxylic acids is 2. The Hall–Kier alpha value is -4.13. The number of carboxylic acid groups (broad SMARTS) is 2. The zero-order valence-corrected chi connectivity index (χ0v) is 20.8. The van der Waals surface area contributed by atoms with Gasteiger partial charge in [-0.05, 0) is 37.3 Å². The molecule has 0 atom stereocenters. The number of rotatable bonds is 7. The summed E-state index contributed by atoms with van der Waals surface area (Å²) in [7, 11) is 0. The number of piperazine rings is 1. The van der Waals surface area contributed by atoms with Gasteiger partial charge in [0.1, 0.15) is 0 Å². The van der Waals surface area contributed by atoms with E-state index in [0.29, 0.717) is 44.8 Å². The number of aliphatic carboxylic acids is 1. The van der Waals surface area contributed by atoms with Crippen molar-refractivity contribution in [3.63, 3.8) is 0 Å². The number of amides is 2. The number of alkyl halides is 3. The molecule has 1 fully saturated rings. The van der Waals surface area contributed by atoms with E-state index in [0.717, 1.165) is 16.9 Å². The lowest BCUT2D eigenvalue weighted by Gasteiger charge is -2.36.